The van der Waals surface area contributed by atoms with Gasteiger partial charge in [0, 0.05) is 19.4 Å². The van der Waals surface area contributed by atoms with Crippen molar-refractivity contribution in [1.82, 2.24) is 0 Å². The van der Waals surface area contributed by atoms with Gasteiger partial charge in [0.05, 0.1) is 0 Å². The van der Waals surface area contributed by atoms with Crippen LogP contribution in [0, 0.1) is 29.6 Å². The van der Waals surface area contributed by atoms with E-state index in [1.807, 2.05) is 0 Å². The van der Waals surface area contributed by atoms with Gasteiger partial charge in [0.2, 0.25) is 0 Å². The summed E-state index contributed by atoms with van der Waals surface area (Å²) in [6.45, 7) is 0.222. The van der Waals surface area contributed by atoms with Crippen LogP contribution in [-0.2, 0) is 0 Å². The Morgan fingerprint density at radius 2 is 2.00 bits per heavy atom. The second-order valence-corrected chi connectivity index (χ2v) is 2.77. The standard InChI is InChI=1S/C11H12O/c12-10-11-8-6-4-2-1-3-5-7-9-11/h1-2,11-12H,7-10H2/b2-1-. The molecule has 0 aromatic heterocycles. The van der Waals surface area contributed by atoms with Crippen molar-refractivity contribution in [1.29, 1.82) is 0 Å². The fourth-order valence-electron chi connectivity index (χ4n) is 1.01. The number of aliphatic hydroxyl groups is 1. The van der Waals surface area contributed by atoms with Crippen LogP contribution in [0.4, 0.5) is 0 Å². The molecule has 0 bridgehead atoms. The van der Waals surface area contributed by atoms with Gasteiger partial charge < -0.3 is 5.11 Å². The second kappa shape index (κ2) is 5.47. The van der Waals surface area contributed by atoms with Crippen molar-refractivity contribution in [2.45, 2.75) is 19.3 Å². The molecule has 1 rings (SSSR count). The summed E-state index contributed by atoms with van der Waals surface area (Å²) in [6, 6.07) is 0. The molecule has 1 atom stereocenters. The molecule has 12 heavy (non-hydrogen) atoms. The molecule has 0 heterocycles. The average molecular weight is 160 g/mol. The summed E-state index contributed by atoms with van der Waals surface area (Å²) in [4.78, 5) is 0. The van der Waals surface area contributed by atoms with E-state index in [2.05, 4.69) is 23.7 Å². The molecular formula is C11H12O. The first kappa shape index (κ1) is 8.91. The first-order valence-corrected chi connectivity index (χ1v) is 4.16. The van der Waals surface area contributed by atoms with Crippen LogP contribution in [0.3, 0.4) is 0 Å². The predicted octanol–water partition coefficient (Wildman–Crippen LogP) is 1.34. The molecule has 1 aliphatic rings. The lowest BCUT2D eigenvalue weighted by molar-refractivity contribution is 0.222. The third-order valence-electron chi connectivity index (χ3n) is 1.78. The normalized spacial score (nSPS) is 24.2. The highest BCUT2D eigenvalue weighted by Crippen LogP contribution is 2.09. The molecule has 0 amide bonds. The van der Waals surface area contributed by atoms with Crippen LogP contribution in [0.2, 0.25) is 0 Å². The molecule has 1 heteroatoms. The van der Waals surface area contributed by atoms with Gasteiger partial charge in [-0.2, -0.15) is 0 Å². The summed E-state index contributed by atoms with van der Waals surface area (Å²) in [6.07, 6.45) is 6.12. The van der Waals surface area contributed by atoms with Crippen LogP contribution >= 0.6 is 0 Å². The van der Waals surface area contributed by atoms with Crippen molar-refractivity contribution in [2.24, 2.45) is 5.92 Å². The average Bonchev–Trinajstić information content (AvgIpc) is 2.14. The number of allylic oxidation sites excluding steroid dienone is 2. The fourth-order valence-corrected chi connectivity index (χ4v) is 1.01. The molecule has 1 aliphatic carbocycles. The lowest BCUT2D eigenvalue weighted by atomic mass is 10.0. The highest BCUT2D eigenvalue weighted by Gasteiger charge is 2.03. The zero-order valence-electron chi connectivity index (χ0n) is 7.01. The summed E-state index contributed by atoms with van der Waals surface area (Å²) in [5.74, 6) is 12.1. The van der Waals surface area contributed by atoms with E-state index in [4.69, 9.17) is 5.11 Å². The number of rotatable bonds is 1. The summed E-state index contributed by atoms with van der Waals surface area (Å²) in [7, 11) is 0. The highest BCUT2D eigenvalue weighted by atomic mass is 16.3. The van der Waals surface area contributed by atoms with Crippen LogP contribution in [0.15, 0.2) is 12.2 Å². The monoisotopic (exact) mass is 160 g/mol. The Kier molecular flexibility index (Phi) is 4.06. The molecule has 1 unspecified atom stereocenters. The van der Waals surface area contributed by atoms with Gasteiger partial charge in [-0.25, -0.2) is 0 Å². The molecule has 0 aliphatic heterocycles. The first-order valence-electron chi connectivity index (χ1n) is 4.16. The maximum absolute atomic E-state index is 8.94. The minimum absolute atomic E-state index is 0.222. The smallest absolute Gasteiger partial charge is 0.0468 e. The SMILES string of the molecule is OCC1CC#C/C=C\C#CCC1. The fraction of sp³-hybridized carbons (Fsp3) is 0.455. The highest BCUT2D eigenvalue weighted by molar-refractivity contribution is 5.25. The van der Waals surface area contributed by atoms with E-state index in [0.29, 0.717) is 5.92 Å². The second-order valence-electron chi connectivity index (χ2n) is 2.77. The predicted molar refractivity (Wildman–Crippen MR) is 49.1 cm³/mol. The quantitative estimate of drug-likeness (QED) is 0.574. The molecule has 0 saturated heterocycles. The van der Waals surface area contributed by atoms with E-state index in [9.17, 15) is 0 Å². The third kappa shape index (κ3) is 3.28. The third-order valence-corrected chi connectivity index (χ3v) is 1.78. The Balaban J connectivity index is 2.56. The van der Waals surface area contributed by atoms with E-state index >= 15 is 0 Å². The van der Waals surface area contributed by atoms with Gasteiger partial charge in [-0.1, -0.05) is 23.7 Å². The molecule has 0 spiro atoms. The van der Waals surface area contributed by atoms with Crippen LogP contribution < -0.4 is 0 Å². The van der Waals surface area contributed by atoms with Gasteiger partial charge in [-0.05, 0) is 24.5 Å². The lowest BCUT2D eigenvalue weighted by Gasteiger charge is -2.07. The van der Waals surface area contributed by atoms with Crippen LogP contribution in [0.5, 0.6) is 0 Å². The number of hydrogen-bond acceptors (Lipinski definition) is 1. The molecule has 0 aromatic carbocycles. The molecule has 1 N–H and O–H groups in total. The van der Waals surface area contributed by atoms with Crippen molar-refractivity contribution >= 4 is 0 Å². The van der Waals surface area contributed by atoms with E-state index in [-0.39, 0.29) is 6.61 Å². The van der Waals surface area contributed by atoms with E-state index in [1.165, 1.54) is 0 Å². The Morgan fingerprint density at radius 3 is 2.75 bits per heavy atom. The Bertz CT molecular complexity index is 267. The van der Waals surface area contributed by atoms with Crippen LogP contribution in [0.25, 0.3) is 0 Å². The van der Waals surface area contributed by atoms with Crippen LogP contribution in [0.1, 0.15) is 19.3 Å². The maximum Gasteiger partial charge on any atom is 0.0468 e. The number of hydrogen-bond donors (Lipinski definition) is 1. The maximum atomic E-state index is 8.94. The molecule has 62 valence electrons. The van der Waals surface area contributed by atoms with Gasteiger partial charge in [0.15, 0.2) is 0 Å². The molecule has 1 nitrogen and oxygen atoms in total. The topological polar surface area (TPSA) is 20.2 Å². The first-order chi connectivity index (χ1) is 5.93. The van der Waals surface area contributed by atoms with E-state index < -0.39 is 0 Å². The Morgan fingerprint density at radius 1 is 1.25 bits per heavy atom. The Hall–Kier alpha value is -1.18. The van der Waals surface area contributed by atoms with Crippen molar-refractivity contribution < 1.29 is 5.11 Å². The van der Waals surface area contributed by atoms with Crippen molar-refractivity contribution in [3.05, 3.63) is 12.2 Å². The minimum atomic E-state index is 0.222. The van der Waals surface area contributed by atoms with E-state index in [1.54, 1.807) is 12.2 Å². The van der Waals surface area contributed by atoms with Crippen LogP contribution in [-0.4, -0.2) is 11.7 Å². The molecular weight excluding hydrogens is 148 g/mol. The van der Waals surface area contributed by atoms with Gasteiger partial charge in [0.25, 0.3) is 0 Å². The summed E-state index contributed by atoms with van der Waals surface area (Å²) in [5.41, 5.74) is 0. The largest absolute Gasteiger partial charge is 0.396 e. The minimum Gasteiger partial charge on any atom is -0.396 e. The number of aliphatic hydroxyl groups excluding tert-OH is 1. The van der Waals surface area contributed by atoms with Crippen molar-refractivity contribution in [2.75, 3.05) is 6.61 Å². The molecule has 0 radical (unpaired) electrons. The zero-order chi connectivity index (χ0) is 8.65. The van der Waals surface area contributed by atoms with Gasteiger partial charge in [-0.15, -0.1) is 0 Å². The summed E-state index contributed by atoms with van der Waals surface area (Å²) < 4.78 is 0. The van der Waals surface area contributed by atoms with E-state index in [0.717, 1.165) is 19.3 Å². The van der Waals surface area contributed by atoms with Crippen molar-refractivity contribution in [3.8, 4) is 23.7 Å². The molecule has 0 aromatic rings. The summed E-state index contributed by atoms with van der Waals surface area (Å²) in [5, 5.41) is 8.94. The van der Waals surface area contributed by atoms with Gasteiger partial charge in [0.1, 0.15) is 0 Å². The molecule has 0 saturated carbocycles. The van der Waals surface area contributed by atoms with Gasteiger partial charge >= 0.3 is 0 Å². The van der Waals surface area contributed by atoms with Gasteiger partial charge in [-0.3, -0.25) is 0 Å². The zero-order valence-corrected chi connectivity index (χ0v) is 7.01. The lowest BCUT2D eigenvalue weighted by Crippen LogP contribution is -2.04. The summed E-state index contributed by atoms with van der Waals surface area (Å²) >= 11 is 0. The molecule has 0 fully saturated rings. The van der Waals surface area contributed by atoms with Crippen molar-refractivity contribution in [3.63, 3.8) is 0 Å². The Labute approximate surface area is 73.5 Å².